The highest BCUT2D eigenvalue weighted by Gasteiger charge is 2.11. The van der Waals surface area contributed by atoms with E-state index < -0.39 is 0 Å². The fraction of sp³-hybridized carbons (Fsp3) is 0.733. The van der Waals surface area contributed by atoms with Crippen molar-refractivity contribution in [2.75, 3.05) is 26.2 Å². The van der Waals surface area contributed by atoms with Crippen LogP contribution in [0.1, 0.15) is 37.9 Å². The fourth-order valence-corrected chi connectivity index (χ4v) is 2.30. The first kappa shape index (κ1) is 15.2. The number of nitrogens with zero attached hydrogens (tertiary/aromatic N) is 3. The summed E-state index contributed by atoms with van der Waals surface area (Å²) in [6, 6.07) is 0.959. The van der Waals surface area contributed by atoms with Crippen molar-refractivity contribution in [3.05, 3.63) is 17.5 Å². The molecule has 20 heavy (non-hydrogen) atoms. The van der Waals surface area contributed by atoms with Crippen LogP contribution < -0.4 is 10.1 Å². The number of aryl methyl sites for hydroxylation is 1. The van der Waals surface area contributed by atoms with Crippen LogP contribution in [-0.2, 0) is 6.54 Å². The molecule has 0 atom stereocenters. The first-order chi connectivity index (χ1) is 9.65. The van der Waals surface area contributed by atoms with Gasteiger partial charge in [-0.3, -0.25) is 4.90 Å². The Kier molecular flexibility index (Phi) is 5.73. The lowest BCUT2D eigenvalue weighted by Crippen LogP contribution is -2.25. The Bertz CT molecular complexity index is 416. The van der Waals surface area contributed by atoms with E-state index >= 15 is 0 Å². The van der Waals surface area contributed by atoms with Crippen LogP contribution in [0.15, 0.2) is 6.20 Å². The number of aromatic nitrogens is 2. The first-order valence-corrected chi connectivity index (χ1v) is 7.56. The smallest absolute Gasteiger partial charge is 0.316 e. The monoisotopic (exact) mass is 278 g/mol. The normalized spacial score (nSPS) is 16.0. The van der Waals surface area contributed by atoms with Gasteiger partial charge in [0, 0.05) is 36.6 Å². The minimum absolute atomic E-state index is 0.464. The molecule has 1 fully saturated rings. The van der Waals surface area contributed by atoms with E-state index in [4.69, 9.17) is 4.74 Å². The van der Waals surface area contributed by atoms with Gasteiger partial charge in [0.1, 0.15) is 6.61 Å². The van der Waals surface area contributed by atoms with Crippen LogP contribution in [0.4, 0.5) is 0 Å². The molecular weight excluding hydrogens is 252 g/mol. The molecule has 1 saturated heterocycles. The van der Waals surface area contributed by atoms with E-state index in [9.17, 15) is 0 Å². The summed E-state index contributed by atoms with van der Waals surface area (Å²) < 4.78 is 5.65. The SMILES string of the molecule is Cc1nc(OCCN2CCCC2)ncc1CNC(C)C. The lowest BCUT2D eigenvalue weighted by molar-refractivity contribution is 0.225. The van der Waals surface area contributed by atoms with Crippen molar-refractivity contribution < 1.29 is 4.74 Å². The van der Waals surface area contributed by atoms with Gasteiger partial charge in [-0.2, -0.15) is 0 Å². The molecule has 5 heteroatoms. The van der Waals surface area contributed by atoms with Crippen LogP contribution in [0, 0.1) is 6.92 Å². The molecule has 0 spiro atoms. The molecule has 0 aliphatic carbocycles. The maximum atomic E-state index is 5.65. The summed E-state index contributed by atoms with van der Waals surface area (Å²) in [5, 5.41) is 3.37. The number of rotatable bonds is 7. The summed E-state index contributed by atoms with van der Waals surface area (Å²) in [6.45, 7) is 11.1. The van der Waals surface area contributed by atoms with Crippen molar-refractivity contribution in [2.45, 2.75) is 46.2 Å². The number of nitrogens with one attached hydrogen (secondary N) is 1. The summed E-state index contributed by atoms with van der Waals surface area (Å²) in [4.78, 5) is 11.1. The zero-order valence-corrected chi connectivity index (χ0v) is 12.9. The second kappa shape index (κ2) is 7.55. The van der Waals surface area contributed by atoms with E-state index in [-0.39, 0.29) is 0 Å². The standard InChI is InChI=1S/C15H26N4O/c1-12(2)16-10-14-11-17-15(18-13(14)3)20-9-8-19-6-4-5-7-19/h11-12,16H,4-10H2,1-3H3. The van der Waals surface area contributed by atoms with Crippen LogP contribution in [-0.4, -0.2) is 47.2 Å². The molecule has 5 nitrogen and oxygen atoms in total. The van der Waals surface area contributed by atoms with Crippen LogP contribution in [0.5, 0.6) is 6.01 Å². The zero-order chi connectivity index (χ0) is 14.4. The first-order valence-electron chi connectivity index (χ1n) is 7.56. The summed E-state index contributed by atoms with van der Waals surface area (Å²) in [7, 11) is 0. The van der Waals surface area contributed by atoms with E-state index in [1.165, 1.54) is 25.9 Å². The van der Waals surface area contributed by atoms with Crippen molar-refractivity contribution in [1.82, 2.24) is 20.2 Å². The Hall–Kier alpha value is -1.20. The van der Waals surface area contributed by atoms with Gasteiger partial charge in [-0.05, 0) is 32.9 Å². The van der Waals surface area contributed by atoms with E-state index in [0.29, 0.717) is 18.7 Å². The molecule has 0 radical (unpaired) electrons. The van der Waals surface area contributed by atoms with Crippen molar-refractivity contribution in [1.29, 1.82) is 0 Å². The van der Waals surface area contributed by atoms with Crippen molar-refractivity contribution in [2.24, 2.45) is 0 Å². The lowest BCUT2D eigenvalue weighted by Gasteiger charge is -2.14. The van der Waals surface area contributed by atoms with Crippen molar-refractivity contribution >= 4 is 0 Å². The molecule has 1 aromatic rings. The van der Waals surface area contributed by atoms with Gasteiger partial charge in [-0.15, -0.1) is 0 Å². The van der Waals surface area contributed by atoms with Crippen molar-refractivity contribution in [3.8, 4) is 6.01 Å². The second-order valence-corrected chi connectivity index (χ2v) is 5.70. The van der Waals surface area contributed by atoms with Gasteiger partial charge in [0.2, 0.25) is 0 Å². The predicted molar refractivity (Wildman–Crippen MR) is 79.9 cm³/mol. The molecule has 0 saturated carbocycles. The number of likely N-dealkylation sites (tertiary alicyclic amines) is 1. The molecule has 112 valence electrons. The molecule has 1 aliphatic heterocycles. The molecule has 0 amide bonds. The van der Waals surface area contributed by atoms with Crippen molar-refractivity contribution in [3.63, 3.8) is 0 Å². The van der Waals surface area contributed by atoms with Gasteiger partial charge < -0.3 is 10.1 Å². The second-order valence-electron chi connectivity index (χ2n) is 5.70. The third-order valence-corrected chi connectivity index (χ3v) is 3.60. The molecule has 2 rings (SSSR count). The Labute approximate surface area is 121 Å². The summed E-state index contributed by atoms with van der Waals surface area (Å²) in [6.07, 6.45) is 4.49. The molecule has 1 N–H and O–H groups in total. The van der Waals surface area contributed by atoms with Gasteiger partial charge in [0.05, 0.1) is 0 Å². The van der Waals surface area contributed by atoms with E-state index in [1.54, 1.807) is 0 Å². The highest BCUT2D eigenvalue weighted by molar-refractivity contribution is 5.17. The van der Waals surface area contributed by atoms with Crippen LogP contribution in [0.3, 0.4) is 0 Å². The Morgan fingerprint density at radius 3 is 2.75 bits per heavy atom. The largest absolute Gasteiger partial charge is 0.462 e. The highest BCUT2D eigenvalue weighted by atomic mass is 16.5. The molecule has 0 bridgehead atoms. The van der Waals surface area contributed by atoms with Gasteiger partial charge >= 0.3 is 6.01 Å². The van der Waals surface area contributed by atoms with E-state index in [0.717, 1.165) is 24.3 Å². The average molecular weight is 278 g/mol. The number of hydrogen-bond acceptors (Lipinski definition) is 5. The summed E-state index contributed by atoms with van der Waals surface area (Å²) in [5.74, 6) is 0. The fourth-order valence-electron chi connectivity index (χ4n) is 2.30. The topological polar surface area (TPSA) is 50.3 Å². The maximum absolute atomic E-state index is 5.65. The maximum Gasteiger partial charge on any atom is 0.316 e. The van der Waals surface area contributed by atoms with Gasteiger partial charge in [-0.1, -0.05) is 13.8 Å². The average Bonchev–Trinajstić information content (AvgIpc) is 2.91. The number of ether oxygens (including phenoxy) is 1. The Balaban J connectivity index is 1.78. The molecule has 0 unspecified atom stereocenters. The molecule has 1 aromatic heterocycles. The van der Waals surface area contributed by atoms with E-state index in [1.807, 2.05) is 13.1 Å². The Morgan fingerprint density at radius 1 is 1.35 bits per heavy atom. The third kappa shape index (κ3) is 4.72. The molecule has 0 aromatic carbocycles. The molecule has 2 heterocycles. The lowest BCUT2D eigenvalue weighted by atomic mass is 10.2. The molecule has 1 aliphatic rings. The minimum atomic E-state index is 0.464. The van der Waals surface area contributed by atoms with Crippen LogP contribution in [0.25, 0.3) is 0 Å². The number of hydrogen-bond donors (Lipinski definition) is 1. The van der Waals surface area contributed by atoms with E-state index in [2.05, 4.69) is 34.0 Å². The summed E-state index contributed by atoms with van der Waals surface area (Å²) >= 11 is 0. The van der Waals surface area contributed by atoms with Gasteiger partial charge in [-0.25, -0.2) is 9.97 Å². The molecular formula is C15H26N4O. The predicted octanol–water partition coefficient (Wildman–Crippen LogP) is 1.76. The minimum Gasteiger partial charge on any atom is -0.462 e. The third-order valence-electron chi connectivity index (χ3n) is 3.60. The van der Waals surface area contributed by atoms with Crippen LogP contribution in [0.2, 0.25) is 0 Å². The zero-order valence-electron chi connectivity index (χ0n) is 12.9. The van der Waals surface area contributed by atoms with Crippen LogP contribution >= 0.6 is 0 Å². The quantitative estimate of drug-likeness (QED) is 0.823. The highest BCUT2D eigenvalue weighted by Crippen LogP contribution is 2.10. The summed E-state index contributed by atoms with van der Waals surface area (Å²) in [5.41, 5.74) is 2.12. The Morgan fingerprint density at radius 2 is 2.10 bits per heavy atom. The van der Waals surface area contributed by atoms with Gasteiger partial charge in [0.25, 0.3) is 0 Å². The van der Waals surface area contributed by atoms with Gasteiger partial charge in [0.15, 0.2) is 0 Å².